The van der Waals surface area contributed by atoms with Gasteiger partial charge in [0.2, 0.25) is 0 Å². The Balaban J connectivity index is 2.68. The number of Topliss-reactive ketones (excluding diaryl/α,β-unsaturated/α-hetero) is 1. The number of carbonyl (C=O) groups excluding carboxylic acids is 2. The minimum absolute atomic E-state index is 0.206. The molecule has 18 heavy (non-hydrogen) atoms. The van der Waals surface area contributed by atoms with Crippen LogP contribution in [0.5, 0.6) is 0 Å². The van der Waals surface area contributed by atoms with Crippen molar-refractivity contribution in [1.29, 1.82) is 0 Å². The highest BCUT2D eigenvalue weighted by atomic mass is 16.6. The van der Waals surface area contributed by atoms with Crippen molar-refractivity contribution < 1.29 is 14.3 Å². The van der Waals surface area contributed by atoms with Crippen LogP contribution >= 0.6 is 0 Å². The van der Waals surface area contributed by atoms with Crippen LogP contribution in [0.15, 0.2) is 0 Å². The largest absolute Gasteiger partial charge is 0.444 e. The number of hydrogen-bond acceptors (Lipinski definition) is 3. The third kappa shape index (κ3) is 5.07. The molecule has 2 atom stereocenters. The first-order chi connectivity index (χ1) is 8.17. The van der Waals surface area contributed by atoms with Crippen LogP contribution in [0.2, 0.25) is 0 Å². The van der Waals surface area contributed by atoms with Crippen molar-refractivity contribution in [3.63, 3.8) is 0 Å². The zero-order chi connectivity index (χ0) is 13.9. The van der Waals surface area contributed by atoms with Gasteiger partial charge in [-0.15, -0.1) is 0 Å². The molecule has 0 spiro atoms. The van der Waals surface area contributed by atoms with E-state index in [1.54, 1.807) is 4.90 Å². The fourth-order valence-electron chi connectivity index (χ4n) is 2.29. The zero-order valence-corrected chi connectivity index (χ0v) is 12.2. The number of ketones is 1. The number of rotatable bonds is 0. The van der Waals surface area contributed by atoms with Gasteiger partial charge in [0.15, 0.2) is 0 Å². The lowest BCUT2D eigenvalue weighted by Crippen LogP contribution is -2.43. The number of hydrogen-bond donors (Lipinski definition) is 0. The fourth-order valence-corrected chi connectivity index (χ4v) is 2.29. The number of amides is 1. The Morgan fingerprint density at radius 2 is 1.61 bits per heavy atom. The molecule has 1 amide bonds. The van der Waals surface area contributed by atoms with Gasteiger partial charge in [-0.1, -0.05) is 13.8 Å². The summed E-state index contributed by atoms with van der Waals surface area (Å²) in [6.45, 7) is 10.8. The molecular formula is C14H25NO3. The summed E-state index contributed by atoms with van der Waals surface area (Å²) in [7, 11) is 0. The van der Waals surface area contributed by atoms with Crippen LogP contribution in [0.25, 0.3) is 0 Å². The van der Waals surface area contributed by atoms with E-state index in [1.165, 1.54) is 0 Å². The van der Waals surface area contributed by atoms with Gasteiger partial charge in [0.05, 0.1) is 0 Å². The maximum atomic E-state index is 12.1. The Morgan fingerprint density at radius 3 is 2.00 bits per heavy atom. The Hall–Kier alpha value is -1.06. The first-order valence-corrected chi connectivity index (χ1v) is 6.67. The number of nitrogens with zero attached hydrogens (tertiary/aromatic N) is 1. The van der Waals surface area contributed by atoms with Gasteiger partial charge in [0, 0.05) is 25.9 Å². The van der Waals surface area contributed by atoms with E-state index >= 15 is 0 Å². The van der Waals surface area contributed by atoms with E-state index in [0.29, 0.717) is 31.7 Å². The lowest BCUT2D eigenvalue weighted by Gasteiger charge is -2.32. The van der Waals surface area contributed by atoms with Crippen LogP contribution in [0.3, 0.4) is 0 Å². The van der Waals surface area contributed by atoms with Gasteiger partial charge >= 0.3 is 6.09 Å². The first kappa shape index (κ1) is 15.0. The number of ether oxygens (including phenoxy) is 1. The summed E-state index contributed by atoms with van der Waals surface area (Å²) in [6, 6.07) is 0. The average molecular weight is 255 g/mol. The molecule has 0 aromatic heterocycles. The molecular weight excluding hydrogens is 230 g/mol. The summed E-state index contributed by atoms with van der Waals surface area (Å²) < 4.78 is 5.40. The van der Waals surface area contributed by atoms with Crippen LogP contribution in [0.4, 0.5) is 4.79 Å². The lowest BCUT2D eigenvalue weighted by atomic mass is 9.94. The zero-order valence-electron chi connectivity index (χ0n) is 12.2. The molecule has 4 heteroatoms. The molecule has 0 aromatic carbocycles. The quantitative estimate of drug-likeness (QED) is 0.668. The van der Waals surface area contributed by atoms with Crippen LogP contribution in [-0.4, -0.2) is 35.5 Å². The first-order valence-electron chi connectivity index (χ1n) is 6.67. The highest BCUT2D eigenvalue weighted by Crippen LogP contribution is 2.19. The van der Waals surface area contributed by atoms with Crippen molar-refractivity contribution >= 4 is 11.9 Å². The summed E-state index contributed by atoms with van der Waals surface area (Å²) in [5, 5.41) is 0. The maximum absolute atomic E-state index is 12.1. The second kappa shape index (κ2) is 5.72. The standard InChI is InChI=1S/C14H25NO3/c1-10-6-12(16)7-11(2)9-15(8-10)13(17)18-14(3,4)5/h10-11H,6-9H2,1-5H3. The maximum Gasteiger partial charge on any atom is 0.410 e. The Labute approximate surface area is 110 Å². The molecule has 0 radical (unpaired) electrons. The minimum atomic E-state index is -0.470. The Bertz CT molecular complexity index is 303. The van der Waals surface area contributed by atoms with E-state index in [1.807, 2.05) is 34.6 Å². The molecule has 0 aliphatic carbocycles. The van der Waals surface area contributed by atoms with Gasteiger partial charge in [-0.25, -0.2) is 4.79 Å². The molecule has 4 nitrogen and oxygen atoms in total. The van der Waals surface area contributed by atoms with Crippen molar-refractivity contribution in [1.82, 2.24) is 4.90 Å². The monoisotopic (exact) mass is 255 g/mol. The molecule has 1 rings (SSSR count). The van der Waals surface area contributed by atoms with Gasteiger partial charge in [-0.2, -0.15) is 0 Å². The second-order valence-corrected chi connectivity index (χ2v) is 6.54. The summed E-state index contributed by atoms with van der Waals surface area (Å²) in [5.41, 5.74) is -0.470. The molecule has 1 heterocycles. The van der Waals surface area contributed by atoms with Gasteiger partial charge < -0.3 is 9.64 Å². The molecule has 0 aromatic rings. The molecule has 1 aliphatic heterocycles. The second-order valence-electron chi connectivity index (χ2n) is 6.54. The van der Waals surface area contributed by atoms with Crippen molar-refractivity contribution in [3.05, 3.63) is 0 Å². The van der Waals surface area contributed by atoms with E-state index in [0.717, 1.165) is 0 Å². The van der Waals surface area contributed by atoms with Gasteiger partial charge in [-0.3, -0.25) is 4.79 Å². The van der Waals surface area contributed by atoms with Crippen molar-refractivity contribution in [2.24, 2.45) is 11.8 Å². The van der Waals surface area contributed by atoms with Crippen LogP contribution < -0.4 is 0 Å². The molecule has 0 saturated carbocycles. The molecule has 2 unspecified atom stereocenters. The van der Waals surface area contributed by atoms with Crippen LogP contribution in [-0.2, 0) is 9.53 Å². The number of likely N-dealkylation sites (tertiary alicyclic amines) is 1. The van der Waals surface area contributed by atoms with Gasteiger partial charge in [0.1, 0.15) is 11.4 Å². The Kier molecular flexibility index (Phi) is 4.77. The van der Waals surface area contributed by atoms with Gasteiger partial charge in [-0.05, 0) is 32.6 Å². The molecule has 1 saturated heterocycles. The van der Waals surface area contributed by atoms with Gasteiger partial charge in [0.25, 0.3) is 0 Å². The van der Waals surface area contributed by atoms with E-state index < -0.39 is 5.60 Å². The molecule has 0 bridgehead atoms. The summed E-state index contributed by atoms with van der Waals surface area (Å²) in [4.78, 5) is 25.4. The van der Waals surface area contributed by atoms with Crippen LogP contribution in [0.1, 0.15) is 47.5 Å². The van der Waals surface area contributed by atoms with Crippen molar-refractivity contribution in [2.75, 3.05) is 13.1 Å². The van der Waals surface area contributed by atoms with Crippen molar-refractivity contribution in [2.45, 2.75) is 53.1 Å². The van der Waals surface area contributed by atoms with E-state index in [4.69, 9.17) is 4.74 Å². The molecule has 0 N–H and O–H groups in total. The third-order valence-electron chi connectivity index (χ3n) is 2.87. The predicted molar refractivity (Wildman–Crippen MR) is 70.4 cm³/mol. The fraction of sp³-hybridized carbons (Fsp3) is 0.857. The SMILES string of the molecule is CC1CC(=O)CC(C)CN(C(=O)OC(C)(C)C)C1. The predicted octanol–water partition coefficient (Wildman–Crippen LogP) is 2.86. The number of carbonyl (C=O) groups is 2. The summed E-state index contributed by atoms with van der Waals surface area (Å²) in [5.74, 6) is 0.717. The summed E-state index contributed by atoms with van der Waals surface area (Å²) in [6.07, 6.45) is 0.850. The molecule has 104 valence electrons. The normalized spacial score (nSPS) is 26.5. The molecule has 1 aliphatic rings. The van der Waals surface area contributed by atoms with Crippen LogP contribution in [0, 0.1) is 11.8 Å². The van der Waals surface area contributed by atoms with E-state index in [-0.39, 0.29) is 17.9 Å². The smallest absolute Gasteiger partial charge is 0.410 e. The summed E-state index contributed by atoms with van der Waals surface area (Å²) >= 11 is 0. The highest BCUT2D eigenvalue weighted by Gasteiger charge is 2.28. The Morgan fingerprint density at radius 1 is 1.17 bits per heavy atom. The van der Waals surface area contributed by atoms with E-state index in [9.17, 15) is 9.59 Å². The third-order valence-corrected chi connectivity index (χ3v) is 2.87. The average Bonchev–Trinajstić information content (AvgIpc) is 2.10. The topological polar surface area (TPSA) is 46.6 Å². The molecule has 1 fully saturated rings. The highest BCUT2D eigenvalue weighted by molar-refractivity contribution is 5.79. The minimum Gasteiger partial charge on any atom is -0.444 e. The van der Waals surface area contributed by atoms with E-state index in [2.05, 4.69) is 0 Å². The lowest BCUT2D eigenvalue weighted by molar-refractivity contribution is -0.121. The van der Waals surface area contributed by atoms with Crippen molar-refractivity contribution in [3.8, 4) is 0 Å².